The Morgan fingerprint density at radius 2 is 1.23 bits per heavy atom. The molecule has 1 saturated heterocycles. The van der Waals surface area contributed by atoms with E-state index in [0.717, 1.165) is 11.1 Å². The number of carbonyl (C=O) groups excluding carboxylic acids is 3. The van der Waals surface area contributed by atoms with Gasteiger partial charge in [-0.25, -0.2) is 14.4 Å². The zero-order chi connectivity index (χ0) is 22.8. The van der Waals surface area contributed by atoms with E-state index in [1.807, 2.05) is 81.4 Å². The van der Waals surface area contributed by atoms with Gasteiger partial charge in [0.05, 0.1) is 20.3 Å². The summed E-state index contributed by atoms with van der Waals surface area (Å²) in [6, 6.07) is 15.5. The van der Waals surface area contributed by atoms with Crippen molar-refractivity contribution >= 4 is 18.0 Å². The molecule has 7 heteroatoms. The highest BCUT2D eigenvalue weighted by Gasteiger charge is 2.59. The van der Waals surface area contributed by atoms with E-state index in [1.165, 1.54) is 24.0 Å². The summed E-state index contributed by atoms with van der Waals surface area (Å²) in [6.45, 7) is 5.45. The molecule has 1 aliphatic rings. The Hall–Kier alpha value is -3.35. The summed E-state index contributed by atoms with van der Waals surface area (Å²) in [5.74, 6) is -1.34. The molecule has 0 saturated carbocycles. The Morgan fingerprint density at radius 1 is 0.806 bits per heavy atom. The molecule has 0 spiro atoms. The van der Waals surface area contributed by atoms with Crippen molar-refractivity contribution in [1.29, 1.82) is 0 Å². The summed E-state index contributed by atoms with van der Waals surface area (Å²) in [5.41, 5.74) is 0.889. The molecule has 2 amide bonds. The maximum atomic E-state index is 13.8. The van der Waals surface area contributed by atoms with Gasteiger partial charge in [0.25, 0.3) is 0 Å². The summed E-state index contributed by atoms with van der Waals surface area (Å²) in [4.78, 5) is 42.5. The van der Waals surface area contributed by atoms with Crippen molar-refractivity contribution in [3.63, 3.8) is 0 Å². The number of nitrogens with zero attached hydrogens (tertiary/aromatic N) is 2. The van der Waals surface area contributed by atoms with Crippen molar-refractivity contribution in [2.24, 2.45) is 0 Å². The maximum Gasteiger partial charge on any atom is 0.331 e. The van der Waals surface area contributed by atoms with Gasteiger partial charge in [0.2, 0.25) is 0 Å². The fourth-order valence-corrected chi connectivity index (χ4v) is 4.13. The number of esters is 2. The van der Waals surface area contributed by atoms with Gasteiger partial charge in [-0.15, -0.1) is 0 Å². The third-order valence-corrected chi connectivity index (χ3v) is 5.42. The summed E-state index contributed by atoms with van der Waals surface area (Å²) in [7, 11) is 2.50. The average molecular weight is 424 g/mol. The van der Waals surface area contributed by atoms with Gasteiger partial charge in [-0.3, -0.25) is 4.90 Å². The van der Waals surface area contributed by atoms with Crippen LogP contribution in [0.25, 0.3) is 0 Å². The molecular formula is C24H28N2O5. The van der Waals surface area contributed by atoms with E-state index in [0.29, 0.717) is 0 Å². The number of carbonyl (C=O) groups is 3. The minimum Gasteiger partial charge on any atom is -0.467 e. The normalized spacial score (nSPS) is 19.0. The van der Waals surface area contributed by atoms with Crippen LogP contribution >= 0.6 is 0 Å². The van der Waals surface area contributed by atoms with Gasteiger partial charge in [0.1, 0.15) is 0 Å². The average Bonchev–Trinajstić information content (AvgIpc) is 3.07. The molecule has 164 valence electrons. The van der Waals surface area contributed by atoms with E-state index < -0.39 is 41.6 Å². The first-order valence-corrected chi connectivity index (χ1v) is 10.1. The Kier molecular flexibility index (Phi) is 6.34. The molecule has 1 fully saturated rings. The predicted octanol–water partition coefficient (Wildman–Crippen LogP) is 3.40. The van der Waals surface area contributed by atoms with Crippen molar-refractivity contribution < 1.29 is 23.9 Å². The maximum absolute atomic E-state index is 13.8. The minimum atomic E-state index is -1.17. The lowest BCUT2D eigenvalue weighted by Gasteiger charge is -2.35. The van der Waals surface area contributed by atoms with Gasteiger partial charge >= 0.3 is 18.0 Å². The van der Waals surface area contributed by atoms with Crippen molar-refractivity contribution in [3.05, 3.63) is 71.8 Å². The first kappa shape index (κ1) is 22.3. The number of hydrogen-bond acceptors (Lipinski definition) is 5. The van der Waals surface area contributed by atoms with Gasteiger partial charge in [-0.2, -0.15) is 0 Å². The van der Waals surface area contributed by atoms with E-state index in [4.69, 9.17) is 9.47 Å². The van der Waals surface area contributed by atoms with E-state index in [9.17, 15) is 14.4 Å². The lowest BCUT2D eigenvalue weighted by Crippen LogP contribution is -2.54. The number of hydrogen-bond donors (Lipinski definition) is 0. The molecule has 2 unspecified atom stereocenters. The van der Waals surface area contributed by atoms with Crippen molar-refractivity contribution in [2.75, 3.05) is 14.2 Å². The lowest BCUT2D eigenvalue weighted by atomic mass is 9.95. The number of benzene rings is 2. The van der Waals surface area contributed by atoms with E-state index in [-0.39, 0.29) is 0 Å². The molecular weight excluding hydrogens is 396 g/mol. The second-order valence-corrected chi connectivity index (χ2v) is 8.39. The fraction of sp³-hybridized carbons (Fsp3) is 0.375. The van der Waals surface area contributed by atoms with Crippen molar-refractivity contribution in [1.82, 2.24) is 9.80 Å². The molecule has 1 heterocycles. The third kappa shape index (κ3) is 4.13. The third-order valence-electron chi connectivity index (χ3n) is 5.42. The number of urea groups is 1. The molecule has 0 aliphatic carbocycles. The number of ether oxygens (including phenoxy) is 2. The van der Waals surface area contributed by atoms with Crippen molar-refractivity contribution in [3.8, 4) is 0 Å². The molecule has 2 aromatic rings. The van der Waals surface area contributed by atoms with Crippen LogP contribution in [0.1, 0.15) is 37.9 Å². The summed E-state index contributed by atoms with van der Waals surface area (Å²) in [6.07, 6.45) is 0. The molecule has 0 aromatic heterocycles. The van der Waals surface area contributed by atoms with Gasteiger partial charge in [0, 0.05) is 5.54 Å². The van der Waals surface area contributed by atoms with Crippen LogP contribution in [0, 0.1) is 0 Å². The predicted molar refractivity (Wildman–Crippen MR) is 115 cm³/mol. The zero-order valence-electron chi connectivity index (χ0n) is 18.4. The van der Waals surface area contributed by atoms with Crippen LogP contribution in [-0.4, -0.2) is 59.6 Å². The minimum absolute atomic E-state index is 0.434. The Labute approximate surface area is 182 Å². The van der Waals surface area contributed by atoms with Crippen LogP contribution in [-0.2, 0) is 19.1 Å². The highest BCUT2D eigenvalue weighted by atomic mass is 16.5. The van der Waals surface area contributed by atoms with Crippen LogP contribution in [0.4, 0.5) is 4.79 Å². The van der Waals surface area contributed by atoms with Gasteiger partial charge in [-0.05, 0) is 31.9 Å². The molecule has 2 aromatic carbocycles. The standard InChI is InChI=1S/C24H28N2O5/c1-24(2,3)26-20(22(28)31-5)19(21(27)30-4)25(23(26)29)18(16-12-8-6-9-13-16)17-14-10-7-11-15-17/h6-15,18-20H,1-5H3. The molecule has 0 N–H and O–H groups in total. The Morgan fingerprint density at radius 3 is 1.61 bits per heavy atom. The molecule has 0 bridgehead atoms. The first-order valence-electron chi connectivity index (χ1n) is 10.1. The number of rotatable bonds is 5. The number of methoxy groups -OCH3 is 2. The lowest BCUT2D eigenvalue weighted by molar-refractivity contribution is -0.156. The second kappa shape index (κ2) is 8.79. The van der Waals surface area contributed by atoms with Crippen LogP contribution in [0.15, 0.2) is 60.7 Å². The monoisotopic (exact) mass is 424 g/mol. The first-order chi connectivity index (χ1) is 14.7. The second-order valence-electron chi connectivity index (χ2n) is 8.39. The molecule has 2 atom stereocenters. The molecule has 0 radical (unpaired) electrons. The van der Waals surface area contributed by atoms with Crippen molar-refractivity contribution in [2.45, 2.75) is 44.4 Å². The van der Waals surface area contributed by atoms with Crippen LogP contribution in [0.2, 0.25) is 0 Å². The molecule has 3 rings (SSSR count). The van der Waals surface area contributed by atoms with Gasteiger partial charge in [0.15, 0.2) is 12.1 Å². The quantitative estimate of drug-likeness (QED) is 0.688. The zero-order valence-corrected chi connectivity index (χ0v) is 18.4. The fourth-order valence-electron chi connectivity index (χ4n) is 4.13. The smallest absolute Gasteiger partial charge is 0.331 e. The topological polar surface area (TPSA) is 76.2 Å². The van der Waals surface area contributed by atoms with Gasteiger partial charge < -0.3 is 14.4 Å². The van der Waals surface area contributed by atoms with E-state index in [1.54, 1.807) is 0 Å². The Balaban J connectivity index is 2.26. The highest BCUT2D eigenvalue weighted by Crippen LogP contribution is 2.40. The van der Waals surface area contributed by atoms with Gasteiger partial charge in [-0.1, -0.05) is 60.7 Å². The largest absolute Gasteiger partial charge is 0.467 e. The number of amides is 2. The van der Waals surface area contributed by atoms with Crippen LogP contribution in [0.3, 0.4) is 0 Å². The molecule has 7 nitrogen and oxygen atoms in total. The summed E-state index contributed by atoms with van der Waals surface area (Å²) in [5, 5.41) is 0. The highest BCUT2D eigenvalue weighted by molar-refractivity contribution is 5.98. The summed E-state index contributed by atoms with van der Waals surface area (Å²) < 4.78 is 10.1. The SMILES string of the molecule is COC(=O)C1C(C(=O)OC)N(C(C)(C)C)C(=O)N1C(c1ccccc1)c1ccccc1. The summed E-state index contributed by atoms with van der Waals surface area (Å²) >= 11 is 0. The van der Waals surface area contributed by atoms with Crippen LogP contribution in [0.5, 0.6) is 0 Å². The molecule has 1 aliphatic heterocycles. The van der Waals surface area contributed by atoms with E-state index in [2.05, 4.69) is 0 Å². The van der Waals surface area contributed by atoms with E-state index >= 15 is 0 Å². The molecule has 31 heavy (non-hydrogen) atoms. The van der Waals surface area contributed by atoms with Crippen LogP contribution < -0.4 is 0 Å². The Bertz CT molecular complexity index is 900.